The maximum atomic E-state index is 10.5. The molecular weight excluding hydrogens is 198 g/mol. The van der Waals surface area contributed by atoms with Crippen molar-refractivity contribution in [2.45, 2.75) is 12.5 Å². The molecule has 1 saturated heterocycles. The summed E-state index contributed by atoms with van der Waals surface area (Å²) >= 11 is 0. The minimum atomic E-state index is -0.457. The van der Waals surface area contributed by atoms with Gasteiger partial charge in [0.05, 0.1) is 11.0 Å². The summed E-state index contributed by atoms with van der Waals surface area (Å²) in [6, 6.07) is 2.69. The summed E-state index contributed by atoms with van der Waals surface area (Å²) in [5.74, 6) is 0.318. The molecule has 6 nitrogen and oxygen atoms in total. The zero-order chi connectivity index (χ0) is 10.7. The molecule has 0 radical (unpaired) electrons. The zero-order valence-corrected chi connectivity index (χ0v) is 8.05. The largest absolute Gasteiger partial charge is 0.473 e. The number of pyridine rings is 1. The van der Waals surface area contributed by atoms with Gasteiger partial charge in [0.2, 0.25) is 5.88 Å². The second kappa shape index (κ2) is 4.22. The Bertz CT molecular complexity index is 363. The van der Waals surface area contributed by atoms with Crippen LogP contribution in [0.15, 0.2) is 18.3 Å². The average molecular weight is 209 g/mol. The van der Waals surface area contributed by atoms with E-state index in [2.05, 4.69) is 10.3 Å². The molecule has 1 fully saturated rings. The van der Waals surface area contributed by atoms with E-state index < -0.39 is 4.92 Å². The first kappa shape index (κ1) is 9.85. The molecule has 0 amide bonds. The van der Waals surface area contributed by atoms with Crippen molar-refractivity contribution < 1.29 is 9.66 Å². The molecule has 0 spiro atoms. The zero-order valence-electron chi connectivity index (χ0n) is 8.05. The molecule has 1 aliphatic heterocycles. The Morgan fingerprint density at radius 1 is 1.67 bits per heavy atom. The molecular formula is C9H11N3O3. The maximum Gasteiger partial charge on any atom is 0.276 e. The van der Waals surface area contributed by atoms with Crippen molar-refractivity contribution in [1.82, 2.24) is 10.3 Å². The van der Waals surface area contributed by atoms with E-state index in [-0.39, 0.29) is 11.8 Å². The molecule has 0 aliphatic carbocycles. The molecule has 1 aromatic heterocycles. The van der Waals surface area contributed by atoms with Crippen molar-refractivity contribution in [2.24, 2.45) is 0 Å². The van der Waals surface area contributed by atoms with E-state index in [1.165, 1.54) is 18.3 Å². The highest BCUT2D eigenvalue weighted by atomic mass is 16.6. The van der Waals surface area contributed by atoms with Gasteiger partial charge in [0, 0.05) is 18.8 Å². The normalized spacial score (nSPS) is 20.1. The number of rotatable bonds is 3. The van der Waals surface area contributed by atoms with E-state index in [0.29, 0.717) is 5.88 Å². The molecule has 15 heavy (non-hydrogen) atoms. The topological polar surface area (TPSA) is 77.3 Å². The number of nitro groups is 1. The van der Waals surface area contributed by atoms with E-state index in [1.807, 2.05) is 0 Å². The minimum absolute atomic E-state index is 0.00551. The quantitative estimate of drug-likeness (QED) is 0.586. The second-order valence-corrected chi connectivity index (χ2v) is 3.34. The fourth-order valence-electron chi connectivity index (χ4n) is 1.48. The molecule has 1 N–H and O–H groups in total. The van der Waals surface area contributed by atoms with Gasteiger partial charge in [-0.05, 0) is 13.0 Å². The van der Waals surface area contributed by atoms with E-state index in [0.717, 1.165) is 19.5 Å². The Balaban J connectivity index is 2.07. The molecule has 1 unspecified atom stereocenters. The fraction of sp³-hybridized carbons (Fsp3) is 0.444. The standard InChI is InChI=1S/C9H11N3O3/c13-12(14)7-1-4-11-9(5-7)15-8-2-3-10-6-8/h1,4-5,8,10H,2-3,6H2. The smallest absolute Gasteiger partial charge is 0.276 e. The van der Waals surface area contributed by atoms with Crippen LogP contribution in [0.3, 0.4) is 0 Å². The van der Waals surface area contributed by atoms with Crippen LogP contribution in [0.1, 0.15) is 6.42 Å². The van der Waals surface area contributed by atoms with Gasteiger partial charge in [-0.3, -0.25) is 10.1 Å². The first-order chi connectivity index (χ1) is 7.25. The van der Waals surface area contributed by atoms with Crippen LogP contribution in [-0.4, -0.2) is 29.1 Å². The van der Waals surface area contributed by atoms with Gasteiger partial charge in [0.25, 0.3) is 5.69 Å². The average Bonchev–Trinajstić information content (AvgIpc) is 2.71. The van der Waals surface area contributed by atoms with Crippen LogP contribution < -0.4 is 10.1 Å². The predicted molar refractivity (Wildman–Crippen MR) is 52.8 cm³/mol. The van der Waals surface area contributed by atoms with E-state index in [4.69, 9.17) is 4.74 Å². The van der Waals surface area contributed by atoms with Crippen molar-refractivity contribution >= 4 is 5.69 Å². The van der Waals surface area contributed by atoms with E-state index in [1.54, 1.807) is 0 Å². The van der Waals surface area contributed by atoms with Crippen LogP contribution >= 0.6 is 0 Å². The van der Waals surface area contributed by atoms with Gasteiger partial charge in [-0.1, -0.05) is 0 Å². The number of hydrogen-bond acceptors (Lipinski definition) is 5. The molecule has 80 valence electrons. The van der Waals surface area contributed by atoms with Crippen molar-refractivity contribution in [2.75, 3.05) is 13.1 Å². The summed E-state index contributed by atoms with van der Waals surface area (Å²) in [6.07, 6.45) is 2.36. The van der Waals surface area contributed by atoms with Crippen LogP contribution in [0.4, 0.5) is 5.69 Å². The molecule has 2 heterocycles. The highest BCUT2D eigenvalue weighted by molar-refractivity contribution is 5.32. The lowest BCUT2D eigenvalue weighted by atomic mass is 10.3. The maximum absolute atomic E-state index is 10.5. The third-order valence-electron chi connectivity index (χ3n) is 2.23. The van der Waals surface area contributed by atoms with Crippen LogP contribution in [0, 0.1) is 10.1 Å². The lowest BCUT2D eigenvalue weighted by molar-refractivity contribution is -0.385. The number of nitrogens with zero attached hydrogens (tertiary/aromatic N) is 2. The fourth-order valence-corrected chi connectivity index (χ4v) is 1.48. The number of aromatic nitrogens is 1. The lowest BCUT2D eigenvalue weighted by Crippen LogP contribution is -2.20. The Kier molecular flexibility index (Phi) is 2.77. The molecule has 0 aromatic carbocycles. The molecule has 2 rings (SSSR count). The highest BCUT2D eigenvalue weighted by Crippen LogP contribution is 2.18. The summed E-state index contributed by atoms with van der Waals surface area (Å²) < 4.78 is 5.49. The molecule has 1 aromatic rings. The minimum Gasteiger partial charge on any atom is -0.473 e. The van der Waals surface area contributed by atoms with Gasteiger partial charge in [0.15, 0.2) is 0 Å². The van der Waals surface area contributed by atoms with Gasteiger partial charge in [0.1, 0.15) is 6.10 Å². The van der Waals surface area contributed by atoms with Gasteiger partial charge < -0.3 is 10.1 Å². The molecule has 0 bridgehead atoms. The SMILES string of the molecule is O=[N+]([O-])c1ccnc(OC2CCNC2)c1. The predicted octanol–water partition coefficient (Wildman–Crippen LogP) is 0.730. The Morgan fingerprint density at radius 3 is 3.20 bits per heavy atom. The van der Waals surface area contributed by atoms with Gasteiger partial charge >= 0.3 is 0 Å². The van der Waals surface area contributed by atoms with Gasteiger partial charge in [-0.2, -0.15) is 0 Å². The summed E-state index contributed by atoms with van der Waals surface area (Å²) in [7, 11) is 0. The molecule has 6 heteroatoms. The van der Waals surface area contributed by atoms with Crippen molar-refractivity contribution in [3.05, 3.63) is 28.4 Å². The lowest BCUT2D eigenvalue weighted by Gasteiger charge is -2.10. The Morgan fingerprint density at radius 2 is 2.53 bits per heavy atom. The van der Waals surface area contributed by atoms with E-state index in [9.17, 15) is 10.1 Å². The monoisotopic (exact) mass is 209 g/mol. The highest BCUT2D eigenvalue weighted by Gasteiger charge is 2.17. The first-order valence-electron chi connectivity index (χ1n) is 4.73. The second-order valence-electron chi connectivity index (χ2n) is 3.34. The Labute approximate surface area is 86.4 Å². The van der Waals surface area contributed by atoms with Gasteiger partial charge in [-0.25, -0.2) is 4.98 Å². The third kappa shape index (κ3) is 2.41. The number of ether oxygens (including phenoxy) is 1. The number of nitrogens with one attached hydrogen (secondary N) is 1. The van der Waals surface area contributed by atoms with E-state index >= 15 is 0 Å². The molecule has 1 atom stereocenters. The summed E-state index contributed by atoms with van der Waals surface area (Å²) in [5.41, 5.74) is 0.00551. The van der Waals surface area contributed by atoms with Crippen LogP contribution in [0.5, 0.6) is 5.88 Å². The van der Waals surface area contributed by atoms with Gasteiger partial charge in [-0.15, -0.1) is 0 Å². The van der Waals surface area contributed by atoms with Crippen molar-refractivity contribution in [1.29, 1.82) is 0 Å². The van der Waals surface area contributed by atoms with Crippen LogP contribution in [-0.2, 0) is 0 Å². The number of hydrogen-bond donors (Lipinski definition) is 1. The third-order valence-corrected chi connectivity index (χ3v) is 2.23. The first-order valence-corrected chi connectivity index (χ1v) is 4.73. The molecule has 0 saturated carbocycles. The summed E-state index contributed by atoms with van der Waals surface area (Å²) in [5, 5.41) is 13.6. The van der Waals surface area contributed by atoms with Crippen LogP contribution in [0.25, 0.3) is 0 Å². The summed E-state index contributed by atoms with van der Waals surface area (Å²) in [6.45, 7) is 1.68. The summed E-state index contributed by atoms with van der Waals surface area (Å²) in [4.78, 5) is 14.0. The van der Waals surface area contributed by atoms with Crippen LogP contribution in [0.2, 0.25) is 0 Å². The van der Waals surface area contributed by atoms with Crippen molar-refractivity contribution in [3.8, 4) is 5.88 Å². The molecule has 1 aliphatic rings. The van der Waals surface area contributed by atoms with Crippen molar-refractivity contribution in [3.63, 3.8) is 0 Å². The Hall–Kier alpha value is -1.69.